The van der Waals surface area contributed by atoms with Gasteiger partial charge in [0.1, 0.15) is 0 Å². The lowest BCUT2D eigenvalue weighted by atomic mass is 9.44. The number of methoxy groups -OCH3 is 2. The van der Waals surface area contributed by atoms with Crippen molar-refractivity contribution in [1.29, 1.82) is 0 Å². The molecule has 0 aromatic carbocycles. The Morgan fingerprint density at radius 2 is 1.97 bits per heavy atom. The van der Waals surface area contributed by atoms with Gasteiger partial charge in [-0.05, 0) is 50.4 Å². The Kier molecular flexibility index (Phi) is 5.72. The smallest absolute Gasteiger partial charge is 0.335 e. The first-order valence-electron chi connectivity index (χ1n) is 12.5. The number of carbonyl (C=O) groups excluding carboxylic acids is 1. The number of fused-ring (bicyclic) bond motifs is 5. The van der Waals surface area contributed by atoms with Crippen LogP contribution in [-0.2, 0) is 23.7 Å². The van der Waals surface area contributed by atoms with Crippen LogP contribution in [0.3, 0.4) is 0 Å². The van der Waals surface area contributed by atoms with Crippen LogP contribution >= 0.6 is 0 Å². The molecule has 182 valence electrons. The first-order chi connectivity index (χ1) is 15.8. The van der Waals surface area contributed by atoms with Crippen molar-refractivity contribution >= 4 is 5.97 Å². The first-order valence-corrected chi connectivity index (χ1v) is 12.5. The Balaban J connectivity index is 1.49. The van der Waals surface area contributed by atoms with Crippen molar-refractivity contribution in [2.75, 3.05) is 27.4 Å². The van der Waals surface area contributed by atoms with Gasteiger partial charge in [0.15, 0.2) is 11.9 Å². The van der Waals surface area contributed by atoms with Gasteiger partial charge in [0, 0.05) is 43.1 Å². The van der Waals surface area contributed by atoms with E-state index in [1.54, 1.807) is 7.11 Å². The summed E-state index contributed by atoms with van der Waals surface area (Å²) in [5, 5.41) is 12.4. The lowest BCUT2D eigenvalue weighted by Crippen LogP contribution is -2.62. The van der Waals surface area contributed by atoms with E-state index in [1.807, 2.05) is 0 Å². The molecule has 0 aromatic rings. The van der Waals surface area contributed by atoms with Crippen LogP contribution in [0.15, 0.2) is 11.6 Å². The Morgan fingerprint density at radius 3 is 2.64 bits per heavy atom. The number of hydrogen-bond donors (Lipinski definition) is 1. The number of rotatable bonds is 4. The van der Waals surface area contributed by atoms with E-state index in [9.17, 15) is 9.90 Å². The summed E-state index contributed by atoms with van der Waals surface area (Å²) in [6, 6.07) is 0. The summed E-state index contributed by atoms with van der Waals surface area (Å²) in [7, 11) is 2.97. The third-order valence-electron chi connectivity index (χ3n) is 10.4. The molecule has 2 unspecified atom stereocenters. The monoisotopic (exact) mass is 458 g/mol. The van der Waals surface area contributed by atoms with Gasteiger partial charge in [0.25, 0.3) is 0 Å². The minimum atomic E-state index is -0.857. The van der Waals surface area contributed by atoms with Crippen molar-refractivity contribution in [2.45, 2.75) is 82.2 Å². The van der Waals surface area contributed by atoms with Crippen LogP contribution in [0.4, 0.5) is 0 Å². The molecule has 1 aliphatic heterocycles. The topological polar surface area (TPSA) is 74.2 Å². The van der Waals surface area contributed by atoms with Gasteiger partial charge in [-0.1, -0.05) is 18.6 Å². The highest BCUT2D eigenvalue weighted by Gasteiger charge is 2.69. The molecule has 0 amide bonds. The van der Waals surface area contributed by atoms with Crippen molar-refractivity contribution in [1.82, 2.24) is 0 Å². The Morgan fingerprint density at radius 1 is 1.21 bits per heavy atom. The number of esters is 1. The minimum absolute atomic E-state index is 0.0650. The number of aliphatic hydroxyl groups is 1. The van der Waals surface area contributed by atoms with E-state index >= 15 is 0 Å². The molecule has 4 aliphatic carbocycles. The van der Waals surface area contributed by atoms with Crippen LogP contribution in [0.5, 0.6) is 0 Å². The van der Waals surface area contributed by atoms with Crippen molar-refractivity contribution in [3.63, 3.8) is 0 Å². The van der Waals surface area contributed by atoms with E-state index in [4.69, 9.17) is 25.4 Å². The summed E-state index contributed by atoms with van der Waals surface area (Å²) < 4.78 is 22.8. The van der Waals surface area contributed by atoms with Gasteiger partial charge in [-0.2, -0.15) is 0 Å². The molecule has 1 N–H and O–H groups in total. The Hall–Kier alpha value is -1.39. The SMILES string of the molecule is C#CC[C@]12CCC3(CC1=CC[C@@H]1[C@@H]2CC[C@]2(C)[C@@H](C(OC)C(=O)OC)CCC12O)OCCO3. The van der Waals surface area contributed by atoms with Gasteiger partial charge >= 0.3 is 5.97 Å². The molecule has 1 spiro atoms. The maximum Gasteiger partial charge on any atom is 0.335 e. The van der Waals surface area contributed by atoms with Crippen molar-refractivity contribution in [3.05, 3.63) is 11.6 Å². The van der Waals surface area contributed by atoms with E-state index in [1.165, 1.54) is 12.7 Å². The number of terminal acetylenes is 1. The first kappa shape index (κ1) is 23.4. The van der Waals surface area contributed by atoms with Crippen LogP contribution in [0.1, 0.15) is 64.7 Å². The molecule has 1 heterocycles. The summed E-state index contributed by atoms with van der Waals surface area (Å²) in [4.78, 5) is 12.5. The predicted octanol–water partition coefficient (Wildman–Crippen LogP) is 3.61. The number of carbonyl (C=O) groups is 1. The third-order valence-corrected chi connectivity index (χ3v) is 10.4. The largest absolute Gasteiger partial charge is 0.467 e. The second-order valence-electron chi connectivity index (χ2n) is 11.2. The lowest BCUT2D eigenvalue weighted by Gasteiger charge is -2.62. The van der Waals surface area contributed by atoms with Gasteiger partial charge in [0.2, 0.25) is 0 Å². The second-order valence-corrected chi connectivity index (χ2v) is 11.2. The average molecular weight is 459 g/mol. The van der Waals surface area contributed by atoms with Crippen LogP contribution in [0.25, 0.3) is 0 Å². The summed E-state index contributed by atoms with van der Waals surface area (Å²) in [6.07, 6.45) is 15.0. The third kappa shape index (κ3) is 3.12. The minimum Gasteiger partial charge on any atom is -0.467 e. The van der Waals surface area contributed by atoms with Crippen molar-refractivity contribution < 1.29 is 28.8 Å². The molecule has 3 saturated carbocycles. The summed E-state index contributed by atoms with van der Waals surface area (Å²) >= 11 is 0. The average Bonchev–Trinajstić information content (AvgIpc) is 3.37. The van der Waals surface area contributed by atoms with Crippen LogP contribution in [0, 0.1) is 40.9 Å². The molecule has 5 aliphatic rings. The van der Waals surface area contributed by atoms with Gasteiger partial charge in [-0.3, -0.25) is 0 Å². The fourth-order valence-corrected chi connectivity index (χ4v) is 8.70. The van der Waals surface area contributed by atoms with Gasteiger partial charge in [-0.25, -0.2) is 4.79 Å². The molecule has 1 saturated heterocycles. The molecule has 0 radical (unpaired) electrons. The highest BCUT2D eigenvalue weighted by molar-refractivity contribution is 5.75. The zero-order valence-corrected chi connectivity index (χ0v) is 20.2. The lowest BCUT2D eigenvalue weighted by molar-refractivity contribution is -0.211. The van der Waals surface area contributed by atoms with Crippen molar-refractivity contribution in [3.8, 4) is 12.3 Å². The molecular weight excluding hydrogens is 420 g/mol. The summed E-state index contributed by atoms with van der Waals surface area (Å²) in [5.74, 6) is 2.54. The molecule has 6 heteroatoms. The molecule has 5 rings (SSSR count). The molecule has 6 nitrogen and oxygen atoms in total. The second kappa shape index (κ2) is 8.09. The van der Waals surface area contributed by atoms with E-state index in [2.05, 4.69) is 18.9 Å². The predicted molar refractivity (Wildman–Crippen MR) is 122 cm³/mol. The number of hydrogen-bond acceptors (Lipinski definition) is 6. The number of ether oxygens (including phenoxy) is 4. The fourth-order valence-electron chi connectivity index (χ4n) is 8.70. The summed E-state index contributed by atoms with van der Waals surface area (Å²) in [6.45, 7) is 3.47. The Labute approximate surface area is 197 Å². The van der Waals surface area contributed by atoms with E-state index in [0.717, 1.165) is 44.9 Å². The molecule has 0 aromatic heterocycles. The quantitative estimate of drug-likeness (QED) is 0.394. The fraction of sp³-hybridized carbons (Fsp3) is 0.815. The van der Waals surface area contributed by atoms with Gasteiger partial charge < -0.3 is 24.1 Å². The molecule has 7 atom stereocenters. The van der Waals surface area contributed by atoms with Crippen LogP contribution < -0.4 is 0 Å². The number of allylic oxidation sites excluding steroid dienone is 1. The molecule has 0 bridgehead atoms. The van der Waals surface area contributed by atoms with Gasteiger partial charge in [0.05, 0.1) is 25.9 Å². The molecule has 33 heavy (non-hydrogen) atoms. The summed E-state index contributed by atoms with van der Waals surface area (Å²) in [5.41, 5.74) is 0.0149. The van der Waals surface area contributed by atoms with Gasteiger partial charge in [-0.15, -0.1) is 12.3 Å². The maximum absolute atomic E-state index is 12.5. The zero-order valence-electron chi connectivity index (χ0n) is 20.2. The highest BCUT2D eigenvalue weighted by atomic mass is 16.7. The normalized spacial score (nSPS) is 44.2. The van der Waals surface area contributed by atoms with Crippen LogP contribution in [-0.4, -0.2) is 56.0 Å². The van der Waals surface area contributed by atoms with E-state index < -0.39 is 22.9 Å². The Bertz CT molecular complexity index is 868. The van der Waals surface area contributed by atoms with E-state index in [-0.39, 0.29) is 23.2 Å². The van der Waals surface area contributed by atoms with Crippen molar-refractivity contribution in [2.24, 2.45) is 28.6 Å². The van der Waals surface area contributed by atoms with Crippen LogP contribution in [0.2, 0.25) is 0 Å². The standard InChI is InChI=1S/C27H38O6/c1-5-10-25-13-14-26(32-15-16-33-26)17-18(25)6-7-20-19(25)8-11-24(2)21(9-12-27(20,24)29)22(30-3)23(28)31-4/h1,6,19-22,29H,7-17H2,2-4H3/t19-,20+,21+,22?,24+,25-,27?/m0/s1. The zero-order chi connectivity index (χ0) is 23.5. The van der Waals surface area contributed by atoms with E-state index in [0.29, 0.717) is 32.0 Å². The maximum atomic E-state index is 12.5. The highest BCUT2D eigenvalue weighted by Crippen LogP contribution is 2.69. The molecule has 4 fully saturated rings. The molecular formula is C27H38O6.